The molecule has 0 aliphatic carbocycles. The molecule has 1 aromatic carbocycles. The Kier molecular flexibility index (Phi) is 5.50. The Labute approximate surface area is 180 Å². The third-order valence-electron chi connectivity index (χ3n) is 4.73. The summed E-state index contributed by atoms with van der Waals surface area (Å²) in [6, 6.07) is 2.70. The molecule has 0 bridgehead atoms. The number of hydrogen-bond acceptors (Lipinski definition) is 8. The number of aryl methyl sites for hydroxylation is 1. The number of aromatic nitrogens is 6. The zero-order chi connectivity index (χ0) is 22.3. The van der Waals surface area contributed by atoms with E-state index in [0.29, 0.717) is 12.2 Å². The first-order chi connectivity index (χ1) is 14.6. The average Bonchev–Trinajstić information content (AvgIpc) is 3.35. The molecule has 0 fully saturated rings. The van der Waals surface area contributed by atoms with Gasteiger partial charge in [-0.15, -0.1) is 11.3 Å². The average molecular weight is 445 g/mol. The number of H-pyrrole nitrogens is 1. The molecule has 0 amide bonds. The number of rotatable bonds is 5. The molecule has 3 heterocycles. The van der Waals surface area contributed by atoms with Crippen molar-refractivity contribution in [3.05, 3.63) is 40.7 Å². The van der Waals surface area contributed by atoms with Gasteiger partial charge >= 0.3 is 0 Å². The van der Waals surface area contributed by atoms with Crippen molar-refractivity contribution in [1.29, 1.82) is 0 Å². The maximum atomic E-state index is 14.8. The van der Waals surface area contributed by atoms with Gasteiger partial charge in [0.1, 0.15) is 11.2 Å². The molecule has 0 aliphatic rings. The first-order valence-electron chi connectivity index (χ1n) is 9.55. The summed E-state index contributed by atoms with van der Waals surface area (Å²) in [4.78, 5) is 13.9. The number of nitrogens with one attached hydrogen (secondary N) is 2. The van der Waals surface area contributed by atoms with Crippen LogP contribution in [0.25, 0.3) is 33.0 Å². The van der Waals surface area contributed by atoms with E-state index < -0.39 is 17.9 Å². The lowest BCUT2D eigenvalue weighted by Crippen LogP contribution is -2.39. The number of aliphatic hydroxyl groups excluding tert-OH is 1. The summed E-state index contributed by atoms with van der Waals surface area (Å²) in [5, 5.41) is 23.5. The van der Waals surface area contributed by atoms with Crippen LogP contribution in [0.2, 0.25) is 0 Å². The highest BCUT2D eigenvalue weighted by atomic mass is 32.1. The Morgan fingerprint density at radius 2 is 1.94 bits per heavy atom. The molecule has 4 rings (SSSR count). The quantitative estimate of drug-likeness (QED) is 0.403. The van der Waals surface area contributed by atoms with Gasteiger partial charge in [-0.1, -0.05) is 20.8 Å². The standard InChI is InChI=1S/C20H21F2N7OS/c1-9-17(31-13(25-9)8-24-19(30)20(2,3)4)12-5-6-23-18(26-12)10-7-11(21)15-16(14(10)22)28-29-27-15/h5-7,19,24,30H,8H2,1-4H3,(H,27,28,29). The maximum absolute atomic E-state index is 14.8. The van der Waals surface area contributed by atoms with E-state index >= 15 is 0 Å². The topological polar surface area (TPSA) is 112 Å². The van der Waals surface area contributed by atoms with Crippen LogP contribution in [0.3, 0.4) is 0 Å². The van der Waals surface area contributed by atoms with Crippen molar-refractivity contribution >= 4 is 22.4 Å². The largest absolute Gasteiger partial charge is 0.378 e. The Balaban J connectivity index is 1.65. The van der Waals surface area contributed by atoms with Crippen molar-refractivity contribution in [3.8, 4) is 22.0 Å². The van der Waals surface area contributed by atoms with Crippen LogP contribution < -0.4 is 5.32 Å². The maximum Gasteiger partial charge on any atom is 0.164 e. The fourth-order valence-electron chi connectivity index (χ4n) is 2.97. The van der Waals surface area contributed by atoms with Crippen LogP contribution in [-0.2, 0) is 6.54 Å². The molecule has 3 aromatic heterocycles. The molecule has 3 N–H and O–H groups in total. The van der Waals surface area contributed by atoms with E-state index in [4.69, 9.17) is 0 Å². The second-order valence-electron chi connectivity index (χ2n) is 8.18. The number of fused-ring (bicyclic) bond motifs is 1. The van der Waals surface area contributed by atoms with E-state index in [1.54, 1.807) is 6.07 Å². The van der Waals surface area contributed by atoms with Crippen LogP contribution in [0, 0.1) is 24.0 Å². The van der Waals surface area contributed by atoms with Crippen molar-refractivity contribution in [2.24, 2.45) is 5.41 Å². The van der Waals surface area contributed by atoms with E-state index in [0.717, 1.165) is 21.6 Å². The minimum Gasteiger partial charge on any atom is -0.378 e. The van der Waals surface area contributed by atoms with Crippen molar-refractivity contribution in [1.82, 2.24) is 35.7 Å². The number of halogens is 2. The Morgan fingerprint density at radius 1 is 1.19 bits per heavy atom. The van der Waals surface area contributed by atoms with Gasteiger partial charge < -0.3 is 5.11 Å². The number of hydrogen-bond donors (Lipinski definition) is 3. The fourth-order valence-corrected chi connectivity index (χ4v) is 3.96. The SMILES string of the molecule is Cc1nc(CNC(O)C(C)(C)C)sc1-c1ccnc(-c2cc(F)c3n[nH]nc3c2F)n1. The van der Waals surface area contributed by atoms with Crippen molar-refractivity contribution in [2.75, 3.05) is 0 Å². The molecule has 0 aliphatic heterocycles. The normalized spacial score (nSPS) is 13.1. The highest BCUT2D eigenvalue weighted by molar-refractivity contribution is 7.15. The molecule has 0 saturated heterocycles. The highest BCUT2D eigenvalue weighted by Crippen LogP contribution is 2.32. The van der Waals surface area contributed by atoms with E-state index in [2.05, 4.69) is 35.7 Å². The zero-order valence-electron chi connectivity index (χ0n) is 17.4. The first-order valence-corrected chi connectivity index (χ1v) is 10.4. The number of benzene rings is 1. The van der Waals surface area contributed by atoms with Gasteiger partial charge in [0.05, 0.1) is 21.8 Å². The van der Waals surface area contributed by atoms with E-state index in [1.807, 2.05) is 27.7 Å². The molecule has 0 spiro atoms. The van der Waals surface area contributed by atoms with Gasteiger partial charge in [0.2, 0.25) is 0 Å². The minimum atomic E-state index is -0.746. The fraction of sp³-hybridized carbons (Fsp3) is 0.350. The number of aliphatic hydroxyl groups is 1. The third kappa shape index (κ3) is 4.16. The van der Waals surface area contributed by atoms with Crippen LogP contribution in [0.1, 0.15) is 31.5 Å². The van der Waals surface area contributed by atoms with E-state index in [9.17, 15) is 13.9 Å². The lowest BCUT2D eigenvalue weighted by atomic mass is 9.94. The first kappa shape index (κ1) is 21.3. The smallest absolute Gasteiger partial charge is 0.164 e. The van der Waals surface area contributed by atoms with Crippen LogP contribution in [-0.4, -0.2) is 41.7 Å². The van der Waals surface area contributed by atoms with Crippen LogP contribution >= 0.6 is 11.3 Å². The molecule has 1 unspecified atom stereocenters. The molecule has 1 atom stereocenters. The summed E-state index contributed by atoms with van der Waals surface area (Å²) in [5.74, 6) is -1.42. The lowest BCUT2D eigenvalue weighted by molar-refractivity contribution is 0.0317. The second-order valence-corrected chi connectivity index (χ2v) is 9.26. The summed E-state index contributed by atoms with van der Waals surface area (Å²) >= 11 is 1.41. The van der Waals surface area contributed by atoms with E-state index in [1.165, 1.54) is 17.5 Å². The zero-order valence-corrected chi connectivity index (χ0v) is 18.2. The van der Waals surface area contributed by atoms with E-state index in [-0.39, 0.29) is 27.8 Å². The Hall–Kier alpha value is -2.89. The molecule has 8 nitrogen and oxygen atoms in total. The molecule has 4 aromatic rings. The lowest BCUT2D eigenvalue weighted by Gasteiger charge is -2.26. The van der Waals surface area contributed by atoms with Gasteiger partial charge in [0, 0.05) is 18.2 Å². The third-order valence-corrected chi connectivity index (χ3v) is 5.91. The summed E-state index contributed by atoms with van der Waals surface area (Å²) < 4.78 is 29.1. The second kappa shape index (κ2) is 7.98. The molecule has 0 radical (unpaired) electrons. The Morgan fingerprint density at radius 3 is 2.68 bits per heavy atom. The number of aromatic amines is 1. The predicted molar refractivity (Wildman–Crippen MR) is 113 cm³/mol. The summed E-state index contributed by atoms with van der Waals surface area (Å²) in [7, 11) is 0. The van der Waals surface area contributed by atoms with Crippen LogP contribution in [0.15, 0.2) is 18.3 Å². The summed E-state index contributed by atoms with van der Waals surface area (Å²) in [5.41, 5.74) is 0.506. The molecule has 0 saturated carbocycles. The van der Waals surface area contributed by atoms with Crippen molar-refractivity contribution in [2.45, 2.75) is 40.5 Å². The summed E-state index contributed by atoms with van der Waals surface area (Å²) in [6.45, 7) is 8.04. The Bertz CT molecular complexity index is 1250. The van der Waals surface area contributed by atoms with Gasteiger partial charge in [-0.3, -0.25) is 5.32 Å². The van der Waals surface area contributed by atoms with Crippen LogP contribution in [0.5, 0.6) is 0 Å². The van der Waals surface area contributed by atoms with Gasteiger partial charge in [-0.2, -0.15) is 15.4 Å². The summed E-state index contributed by atoms with van der Waals surface area (Å²) in [6.07, 6.45) is 0.803. The predicted octanol–water partition coefficient (Wildman–Crippen LogP) is 3.58. The van der Waals surface area contributed by atoms with Gasteiger partial charge in [0.15, 0.2) is 28.5 Å². The number of nitrogens with zero attached hydrogens (tertiary/aromatic N) is 5. The molecule has 31 heavy (non-hydrogen) atoms. The van der Waals surface area contributed by atoms with Crippen molar-refractivity contribution in [3.63, 3.8) is 0 Å². The molecule has 11 heteroatoms. The molecular weight excluding hydrogens is 424 g/mol. The highest BCUT2D eigenvalue weighted by Gasteiger charge is 2.23. The van der Waals surface area contributed by atoms with Gasteiger partial charge in [-0.05, 0) is 19.1 Å². The molecular formula is C20H21F2N7OS. The minimum absolute atomic E-state index is 0.0365. The number of thiazole rings is 1. The van der Waals surface area contributed by atoms with Gasteiger partial charge in [0.25, 0.3) is 0 Å². The van der Waals surface area contributed by atoms with Gasteiger partial charge in [-0.25, -0.2) is 23.7 Å². The van der Waals surface area contributed by atoms with Crippen LogP contribution in [0.4, 0.5) is 8.78 Å². The van der Waals surface area contributed by atoms with Crippen molar-refractivity contribution < 1.29 is 13.9 Å². The monoisotopic (exact) mass is 445 g/mol. The molecule has 162 valence electrons.